The van der Waals surface area contributed by atoms with Crippen LogP contribution in [0.2, 0.25) is 0 Å². The van der Waals surface area contributed by atoms with Gasteiger partial charge in [-0.2, -0.15) is 0 Å². The zero-order chi connectivity index (χ0) is 21.0. The maximum Gasteiger partial charge on any atom is 0.261 e. The number of benzene rings is 2. The fourth-order valence-corrected chi connectivity index (χ4v) is 5.71. The molecule has 0 radical (unpaired) electrons. The zero-order valence-corrected chi connectivity index (χ0v) is 18.2. The van der Waals surface area contributed by atoms with Gasteiger partial charge in [0, 0.05) is 31.0 Å². The molecule has 6 heteroatoms. The van der Waals surface area contributed by atoms with Gasteiger partial charge in [-0.1, -0.05) is 37.3 Å². The van der Waals surface area contributed by atoms with Crippen molar-refractivity contribution in [3.05, 3.63) is 65.7 Å². The number of likely N-dealkylation sites (tertiary alicyclic amines) is 1. The van der Waals surface area contributed by atoms with Gasteiger partial charge >= 0.3 is 0 Å². The molecule has 0 N–H and O–H groups in total. The lowest BCUT2D eigenvalue weighted by Gasteiger charge is -2.44. The van der Waals surface area contributed by atoms with Gasteiger partial charge in [0.25, 0.3) is 11.8 Å². The first-order valence-electron chi connectivity index (χ1n) is 10.6. The van der Waals surface area contributed by atoms with Crippen LogP contribution in [0.25, 0.3) is 0 Å². The Morgan fingerprint density at radius 1 is 1.00 bits per heavy atom. The summed E-state index contributed by atoms with van der Waals surface area (Å²) in [5, 5.41) is 0. The Kier molecular flexibility index (Phi) is 6.32. The Morgan fingerprint density at radius 3 is 2.37 bits per heavy atom. The first-order valence-corrected chi connectivity index (χ1v) is 11.6. The third-order valence-corrected chi connectivity index (χ3v) is 7.58. The topological polar surface area (TPSA) is 49.9 Å². The van der Waals surface area contributed by atoms with Crippen molar-refractivity contribution in [2.75, 3.05) is 32.0 Å². The number of carbonyl (C=O) groups excluding carboxylic acids is 2. The molecule has 30 heavy (non-hydrogen) atoms. The summed E-state index contributed by atoms with van der Waals surface area (Å²) in [5.74, 6) is 1.75. The minimum Gasteiger partial charge on any atom is -0.484 e. The summed E-state index contributed by atoms with van der Waals surface area (Å²) in [7, 11) is 0. The maximum atomic E-state index is 12.9. The van der Waals surface area contributed by atoms with Crippen molar-refractivity contribution in [1.29, 1.82) is 0 Å². The first-order chi connectivity index (χ1) is 14.6. The summed E-state index contributed by atoms with van der Waals surface area (Å²) >= 11 is 1.85. The van der Waals surface area contributed by atoms with Crippen LogP contribution in [0.3, 0.4) is 0 Å². The fraction of sp³-hybridized carbons (Fsp3) is 0.417. The molecule has 2 fully saturated rings. The highest BCUT2D eigenvalue weighted by Crippen LogP contribution is 2.44. The number of rotatable bonds is 5. The molecular formula is C24H28N2O3S. The zero-order valence-electron chi connectivity index (χ0n) is 17.4. The largest absolute Gasteiger partial charge is 0.484 e. The normalized spacial score (nSPS) is 17.9. The van der Waals surface area contributed by atoms with Crippen LogP contribution >= 0.6 is 11.8 Å². The molecule has 2 aliphatic rings. The molecule has 2 aromatic carbocycles. The summed E-state index contributed by atoms with van der Waals surface area (Å²) in [6, 6.07) is 17.3. The molecule has 0 bridgehead atoms. The van der Waals surface area contributed by atoms with Crippen LogP contribution < -0.4 is 4.74 Å². The molecule has 158 valence electrons. The Morgan fingerprint density at radius 2 is 1.70 bits per heavy atom. The van der Waals surface area contributed by atoms with Crippen LogP contribution in [0.4, 0.5) is 0 Å². The Balaban J connectivity index is 1.36. The Labute approximate surface area is 182 Å². The van der Waals surface area contributed by atoms with Crippen LogP contribution in [-0.4, -0.2) is 58.5 Å². The van der Waals surface area contributed by atoms with Crippen LogP contribution in [0.15, 0.2) is 54.6 Å². The number of para-hydroxylation sites is 1. The van der Waals surface area contributed by atoms with E-state index in [1.165, 1.54) is 5.56 Å². The third kappa shape index (κ3) is 4.33. The number of nitrogens with zero attached hydrogens (tertiary/aromatic N) is 2. The van der Waals surface area contributed by atoms with E-state index >= 15 is 0 Å². The minimum atomic E-state index is -0.208. The second-order valence-electron chi connectivity index (χ2n) is 7.78. The van der Waals surface area contributed by atoms with Crippen LogP contribution in [0.5, 0.6) is 5.75 Å². The molecule has 2 heterocycles. The van der Waals surface area contributed by atoms with Crippen LogP contribution in [-0.2, 0) is 11.2 Å². The van der Waals surface area contributed by atoms with Crippen LogP contribution in [0.1, 0.15) is 35.7 Å². The van der Waals surface area contributed by atoms with E-state index in [1.807, 2.05) is 76.2 Å². The molecule has 2 saturated heterocycles. The van der Waals surface area contributed by atoms with E-state index in [2.05, 4.69) is 6.92 Å². The van der Waals surface area contributed by atoms with Gasteiger partial charge in [0.2, 0.25) is 0 Å². The number of hydrogen-bond acceptors (Lipinski definition) is 4. The lowest BCUT2D eigenvalue weighted by molar-refractivity contribution is -0.136. The first kappa shape index (κ1) is 20.8. The van der Waals surface area contributed by atoms with E-state index < -0.39 is 0 Å². The quantitative estimate of drug-likeness (QED) is 0.732. The van der Waals surface area contributed by atoms with E-state index in [-0.39, 0.29) is 23.3 Å². The van der Waals surface area contributed by atoms with E-state index in [0.717, 1.165) is 37.1 Å². The smallest absolute Gasteiger partial charge is 0.261 e. The average Bonchev–Trinajstić information content (AvgIpc) is 3.21. The number of aryl methyl sites for hydroxylation is 1. The highest BCUT2D eigenvalue weighted by Gasteiger charge is 2.46. The molecule has 1 spiro atoms. The lowest BCUT2D eigenvalue weighted by atomic mass is 10.0. The molecular weight excluding hydrogens is 396 g/mol. The number of piperidine rings is 1. The summed E-state index contributed by atoms with van der Waals surface area (Å²) in [5.41, 5.74) is 1.98. The molecule has 2 aliphatic heterocycles. The van der Waals surface area contributed by atoms with Gasteiger partial charge in [-0.3, -0.25) is 9.59 Å². The molecule has 0 aromatic heterocycles. The number of ether oxygens (including phenoxy) is 1. The fourth-order valence-electron chi connectivity index (χ4n) is 4.24. The van der Waals surface area contributed by atoms with Crippen LogP contribution in [0, 0.1) is 0 Å². The standard InChI is InChI=1S/C24H28N2O3S/c1-2-19-8-10-20(11-9-19)23(28)25-14-12-24(13-15-25)26(16-17-30-24)22(27)18-29-21-6-4-3-5-7-21/h3-11H,2,12-18H2,1H3. The van der Waals surface area contributed by atoms with Gasteiger partial charge < -0.3 is 14.5 Å². The van der Waals surface area contributed by atoms with E-state index in [1.54, 1.807) is 0 Å². The minimum absolute atomic E-state index is 0.0267. The molecule has 2 aromatic rings. The van der Waals surface area contributed by atoms with Crippen molar-refractivity contribution >= 4 is 23.6 Å². The predicted octanol–water partition coefficient (Wildman–Crippen LogP) is 3.84. The monoisotopic (exact) mass is 424 g/mol. The molecule has 0 unspecified atom stereocenters. The van der Waals surface area contributed by atoms with Gasteiger partial charge in [-0.25, -0.2) is 0 Å². The van der Waals surface area contributed by atoms with Crippen molar-refractivity contribution in [3.8, 4) is 5.75 Å². The summed E-state index contributed by atoms with van der Waals surface area (Å²) in [6.45, 7) is 4.25. The Hall–Kier alpha value is -2.47. The summed E-state index contributed by atoms with van der Waals surface area (Å²) in [4.78, 5) is 29.5. The Bertz CT molecular complexity index is 877. The van der Waals surface area contributed by atoms with E-state index in [0.29, 0.717) is 18.8 Å². The second-order valence-corrected chi connectivity index (χ2v) is 9.24. The van der Waals surface area contributed by atoms with Crippen molar-refractivity contribution in [3.63, 3.8) is 0 Å². The second kappa shape index (κ2) is 9.13. The van der Waals surface area contributed by atoms with Crippen molar-refractivity contribution in [2.45, 2.75) is 31.1 Å². The van der Waals surface area contributed by atoms with Gasteiger partial charge in [0.1, 0.15) is 5.75 Å². The molecule has 0 atom stereocenters. The number of thioether (sulfide) groups is 1. The third-order valence-electron chi connectivity index (χ3n) is 6.03. The number of amides is 2. The van der Waals surface area contributed by atoms with Gasteiger partial charge in [-0.15, -0.1) is 11.8 Å². The molecule has 4 rings (SSSR count). The predicted molar refractivity (Wildman–Crippen MR) is 120 cm³/mol. The van der Waals surface area contributed by atoms with Gasteiger partial charge in [0.05, 0.1) is 4.87 Å². The van der Waals surface area contributed by atoms with Crippen molar-refractivity contribution in [2.24, 2.45) is 0 Å². The maximum absolute atomic E-state index is 12.9. The van der Waals surface area contributed by atoms with Gasteiger partial charge in [-0.05, 0) is 49.1 Å². The highest BCUT2D eigenvalue weighted by atomic mass is 32.2. The SMILES string of the molecule is CCc1ccc(C(=O)N2CCC3(CC2)SCCN3C(=O)COc2ccccc2)cc1. The summed E-state index contributed by atoms with van der Waals surface area (Å²) < 4.78 is 5.69. The molecule has 5 nitrogen and oxygen atoms in total. The molecule has 0 aliphatic carbocycles. The van der Waals surface area contributed by atoms with E-state index in [9.17, 15) is 9.59 Å². The average molecular weight is 425 g/mol. The van der Waals surface area contributed by atoms with Gasteiger partial charge in [0.15, 0.2) is 6.61 Å². The van der Waals surface area contributed by atoms with Crippen molar-refractivity contribution in [1.82, 2.24) is 9.80 Å². The summed E-state index contributed by atoms with van der Waals surface area (Å²) in [6.07, 6.45) is 2.57. The molecule has 2 amide bonds. The number of hydrogen-bond donors (Lipinski definition) is 0. The molecule has 0 saturated carbocycles. The highest BCUT2D eigenvalue weighted by molar-refractivity contribution is 8.00. The van der Waals surface area contributed by atoms with E-state index in [4.69, 9.17) is 4.74 Å². The number of carbonyl (C=O) groups is 2. The van der Waals surface area contributed by atoms with Crippen molar-refractivity contribution < 1.29 is 14.3 Å². The lowest BCUT2D eigenvalue weighted by Crippen LogP contribution is -2.54.